The van der Waals surface area contributed by atoms with Gasteiger partial charge in [-0.2, -0.15) is 0 Å². The molecule has 0 aliphatic heterocycles. The third kappa shape index (κ3) is 12.6. The van der Waals surface area contributed by atoms with E-state index in [0.29, 0.717) is 36.7 Å². The van der Waals surface area contributed by atoms with Crippen molar-refractivity contribution in [1.29, 1.82) is 0 Å². The minimum Gasteiger partial charge on any atom is -0.467 e. The van der Waals surface area contributed by atoms with E-state index in [0.717, 1.165) is 28.5 Å². The van der Waals surface area contributed by atoms with Crippen LogP contribution in [0.15, 0.2) is 17.7 Å². The Balaban J connectivity index is 3.23. The van der Waals surface area contributed by atoms with Gasteiger partial charge in [0.1, 0.15) is 17.1 Å². The molecule has 1 aromatic rings. The normalized spacial score (nSPS) is 12.6. The third-order valence-electron chi connectivity index (χ3n) is 5.37. The van der Waals surface area contributed by atoms with Crippen molar-refractivity contribution in [2.75, 3.05) is 39.2 Å². The van der Waals surface area contributed by atoms with Gasteiger partial charge in [0, 0.05) is 40.3 Å². The highest BCUT2D eigenvalue weighted by molar-refractivity contribution is 9.09. The minimum atomic E-state index is -1.21. The summed E-state index contributed by atoms with van der Waals surface area (Å²) in [5.74, 6) is 0.638. The van der Waals surface area contributed by atoms with Crippen LogP contribution >= 0.6 is 15.9 Å². The van der Waals surface area contributed by atoms with Gasteiger partial charge in [-0.15, -0.1) is 0 Å². The van der Waals surface area contributed by atoms with E-state index in [4.69, 9.17) is 23.7 Å². The molecular formula is C26H45BrO6Si2. The zero-order valence-corrected chi connectivity index (χ0v) is 26.7. The molecule has 0 fully saturated rings. The van der Waals surface area contributed by atoms with E-state index in [1.54, 1.807) is 0 Å². The molecule has 0 radical (unpaired) electrons. The van der Waals surface area contributed by atoms with E-state index >= 15 is 0 Å². The van der Waals surface area contributed by atoms with Crippen LogP contribution in [0.25, 0.3) is 0 Å². The molecule has 1 aromatic carbocycles. The van der Waals surface area contributed by atoms with Crippen LogP contribution in [-0.2, 0) is 20.6 Å². The molecule has 0 bridgehead atoms. The number of hydrogen-bond acceptors (Lipinski definition) is 6. The summed E-state index contributed by atoms with van der Waals surface area (Å²) in [6, 6.07) is 3.97. The number of ether oxygens (including phenoxy) is 5. The number of benzene rings is 1. The van der Waals surface area contributed by atoms with E-state index in [2.05, 4.69) is 61.3 Å². The first-order valence-corrected chi connectivity index (χ1v) is 20.7. The Hall–Kier alpha value is -1.14. The van der Waals surface area contributed by atoms with Crippen molar-refractivity contribution in [1.82, 2.24) is 0 Å². The van der Waals surface area contributed by atoms with Crippen LogP contribution in [-0.4, -0.2) is 61.4 Å². The summed E-state index contributed by atoms with van der Waals surface area (Å²) in [6.07, 6.45) is 2.63. The van der Waals surface area contributed by atoms with Gasteiger partial charge in [0.15, 0.2) is 13.6 Å². The van der Waals surface area contributed by atoms with E-state index < -0.39 is 22.1 Å². The van der Waals surface area contributed by atoms with Crippen LogP contribution in [0.2, 0.25) is 51.4 Å². The van der Waals surface area contributed by atoms with Crippen molar-refractivity contribution < 1.29 is 28.5 Å². The lowest BCUT2D eigenvalue weighted by Gasteiger charge is -2.21. The summed E-state index contributed by atoms with van der Waals surface area (Å²) in [7, 11) is -1.01. The number of carbonyl (C=O) groups excluding carboxylic acids is 1. The fourth-order valence-electron chi connectivity index (χ4n) is 3.05. The molecule has 6 nitrogen and oxygen atoms in total. The van der Waals surface area contributed by atoms with E-state index in [-0.39, 0.29) is 13.6 Å². The van der Waals surface area contributed by atoms with Crippen LogP contribution in [0.3, 0.4) is 0 Å². The molecule has 0 N–H and O–H groups in total. The summed E-state index contributed by atoms with van der Waals surface area (Å²) in [5, 5.41) is 0.759. The van der Waals surface area contributed by atoms with Gasteiger partial charge >= 0.3 is 5.97 Å². The molecule has 0 aromatic heterocycles. The molecule has 0 aliphatic carbocycles. The molecule has 0 amide bonds. The molecular weight excluding hydrogens is 544 g/mol. The molecule has 0 unspecified atom stereocenters. The molecule has 35 heavy (non-hydrogen) atoms. The van der Waals surface area contributed by atoms with E-state index in [9.17, 15) is 4.79 Å². The number of hydrogen-bond donors (Lipinski definition) is 0. The van der Waals surface area contributed by atoms with Crippen LogP contribution in [0.4, 0.5) is 0 Å². The van der Waals surface area contributed by atoms with Gasteiger partial charge in [0.2, 0.25) is 0 Å². The fourth-order valence-corrected chi connectivity index (χ4v) is 4.79. The predicted octanol–water partition coefficient (Wildman–Crippen LogP) is 7.05. The average molecular weight is 590 g/mol. The minimum absolute atomic E-state index is 0.0538. The quantitative estimate of drug-likeness (QED) is 0.0515. The Morgan fingerprint density at radius 2 is 1.51 bits per heavy atom. The first kappa shape index (κ1) is 31.9. The molecule has 0 atom stereocenters. The Morgan fingerprint density at radius 1 is 0.971 bits per heavy atom. The van der Waals surface area contributed by atoms with Crippen molar-refractivity contribution in [2.24, 2.45) is 0 Å². The van der Waals surface area contributed by atoms with Gasteiger partial charge in [-0.25, -0.2) is 4.79 Å². The van der Waals surface area contributed by atoms with Gasteiger partial charge in [-0.3, -0.25) is 0 Å². The predicted molar refractivity (Wildman–Crippen MR) is 153 cm³/mol. The zero-order chi connectivity index (χ0) is 26.6. The van der Waals surface area contributed by atoms with Gasteiger partial charge < -0.3 is 23.7 Å². The third-order valence-corrected chi connectivity index (χ3v) is 9.67. The van der Waals surface area contributed by atoms with Gasteiger partial charge in [0.25, 0.3) is 0 Å². The number of aryl methyl sites for hydroxylation is 1. The highest BCUT2D eigenvalue weighted by atomic mass is 79.9. The smallest absolute Gasteiger partial charge is 0.341 e. The lowest BCUT2D eigenvalue weighted by molar-refractivity contribution is 0.0160. The second-order valence-electron chi connectivity index (χ2n) is 11.2. The molecule has 0 aliphatic rings. The molecule has 0 spiro atoms. The van der Waals surface area contributed by atoms with Crippen molar-refractivity contribution in [3.63, 3.8) is 0 Å². The van der Waals surface area contributed by atoms with E-state index in [1.807, 2.05) is 19.9 Å². The zero-order valence-electron chi connectivity index (χ0n) is 23.1. The topological polar surface area (TPSA) is 63.2 Å². The van der Waals surface area contributed by atoms with Crippen LogP contribution in [0.5, 0.6) is 11.5 Å². The van der Waals surface area contributed by atoms with Gasteiger partial charge in [-0.1, -0.05) is 66.9 Å². The second kappa shape index (κ2) is 15.2. The van der Waals surface area contributed by atoms with Crippen molar-refractivity contribution in [2.45, 2.75) is 71.6 Å². The number of halogens is 1. The average Bonchev–Trinajstić information content (AvgIpc) is 2.75. The summed E-state index contributed by atoms with van der Waals surface area (Å²) >= 11 is 3.50. The first-order chi connectivity index (χ1) is 16.3. The van der Waals surface area contributed by atoms with Crippen LogP contribution in [0.1, 0.15) is 28.4 Å². The number of methoxy groups -OCH3 is 1. The van der Waals surface area contributed by atoms with Crippen molar-refractivity contribution >= 4 is 38.0 Å². The molecule has 1 rings (SSSR count). The van der Waals surface area contributed by atoms with Gasteiger partial charge in [-0.05, 0) is 44.0 Å². The molecule has 0 saturated heterocycles. The SMILES string of the molecule is COC(=O)c1c(C)cc(OCOCC[Si](C)(C)C)c(C/C=C(\C)CBr)c1OCOCC[Si](C)(C)C. The number of rotatable bonds is 16. The van der Waals surface area contributed by atoms with Crippen LogP contribution < -0.4 is 9.47 Å². The Morgan fingerprint density at radius 3 is 2.00 bits per heavy atom. The molecule has 9 heteroatoms. The summed E-state index contributed by atoms with van der Waals surface area (Å²) < 4.78 is 28.8. The summed E-state index contributed by atoms with van der Waals surface area (Å²) in [5.41, 5.74) is 3.06. The second-order valence-corrected chi connectivity index (χ2v) is 23.0. The largest absolute Gasteiger partial charge is 0.467 e. The number of allylic oxidation sites excluding steroid dienone is 2. The number of carbonyl (C=O) groups is 1. The van der Waals surface area contributed by atoms with Gasteiger partial charge in [0.05, 0.1) is 7.11 Å². The Bertz CT molecular complexity index is 844. The highest BCUT2D eigenvalue weighted by Crippen LogP contribution is 2.37. The maximum absolute atomic E-state index is 12.7. The molecule has 0 saturated carbocycles. The monoisotopic (exact) mass is 588 g/mol. The summed E-state index contributed by atoms with van der Waals surface area (Å²) in [6.45, 7) is 19.3. The lowest BCUT2D eigenvalue weighted by atomic mass is 9.99. The summed E-state index contributed by atoms with van der Waals surface area (Å²) in [4.78, 5) is 12.7. The highest BCUT2D eigenvalue weighted by Gasteiger charge is 2.24. The van der Waals surface area contributed by atoms with Crippen LogP contribution in [0, 0.1) is 6.92 Å². The van der Waals surface area contributed by atoms with E-state index in [1.165, 1.54) is 12.7 Å². The van der Waals surface area contributed by atoms with Crippen molar-refractivity contribution in [3.8, 4) is 11.5 Å². The molecule has 0 heterocycles. The Kier molecular flexibility index (Phi) is 13.8. The molecule has 200 valence electrons. The lowest BCUT2D eigenvalue weighted by Crippen LogP contribution is -2.22. The standard InChI is InChI=1S/C26H45BrO6Si2/c1-20(17-27)10-11-22-23(32-18-30-12-14-34(4,5)6)16-21(2)24(26(28)29-3)25(22)33-19-31-13-15-35(7,8)9/h10,16H,11-15,17-19H2,1-9H3/b20-10+. The Labute approximate surface area is 222 Å². The first-order valence-electron chi connectivity index (χ1n) is 12.2. The van der Waals surface area contributed by atoms with Crippen molar-refractivity contribution in [3.05, 3.63) is 34.4 Å². The fraction of sp³-hybridized carbons (Fsp3) is 0.654. The number of esters is 1. The maximum atomic E-state index is 12.7. The maximum Gasteiger partial charge on any atom is 0.341 e. The number of alkyl halides is 1.